The van der Waals surface area contributed by atoms with Crippen molar-refractivity contribution in [1.82, 2.24) is 25.6 Å². The average Bonchev–Trinajstić information content (AvgIpc) is 3.25. The number of benzene rings is 1. The fraction of sp³-hybridized carbons (Fsp3) is 0.619. The molecular weight excluding hydrogens is 373 g/mol. The van der Waals surface area contributed by atoms with Gasteiger partial charge in [0.05, 0.1) is 18.5 Å². The number of carbonyl (C=O) groups is 2. The van der Waals surface area contributed by atoms with Crippen LogP contribution < -0.4 is 10.9 Å². The third kappa shape index (κ3) is 4.76. The monoisotopic (exact) mass is 403 g/mol. The van der Waals surface area contributed by atoms with Crippen molar-refractivity contribution in [2.45, 2.75) is 25.3 Å². The van der Waals surface area contributed by atoms with E-state index in [2.05, 4.69) is 15.8 Å². The number of hydrazine groups is 1. The van der Waals surface area contributed by atoms with Crippen LogP contribution >= 0.6 is 0 Å². The highest BCUT2D eigenvalue weighted by molar-refractivity contribution is 5.81. The Morgan fingerprint density at radius 1 is 0.931 bits per heavy atom. The van der Waals surface area contributed by atoms with Crippen LogP contribution in [-0.2, 0) is 9.59 Å². The summed E-state index contributed by atoms with van der Waals surface area (Å²) in [6, 6.07) is 6.14. The molecule has 3 aliphatic rings. The Labute approximate surface area is 171 Å². The quantitative estimate of drug-likeness (QED) is 0.777. The van der Waals surface area contributed by atoms with Crippen LogP contribution in [0.4, 0.5) is 4.39 Å². The van der Waals surface area contributed by atoms with Crippen LogP contribution in [-0.4, -0.2) is 78.9 Å². The van der Waals surface area contributed by atoms with Gasteiger partial charge in [-0.1, -0.05) is 12.1 Å². The van der Waals surface area contributed by atoms with Gasteiger partial charge in [0.15, 0.2) is 0 Å². The molecule has 2 unspecified atom stereocenters. The maximum absolute atomic E-state index is 13.2. The van der Waals surface area contributed by atoms with Crippen LogP contribution in [0.3, 0.4) is 0 Å². The lowest BCUT2D eigenvalue weighted by Gasteiger charge is -2.37. The van der Waals surface area contributed by atoms with E-state index >= 15 is 0 Å². The van der Waals surface area contributed by atoms with Crippen molar-refractivity contribution in [2.24, 2.45) is 5.92 Å². The summed E-state index contributed by atoms with van der Waals surface area (Å²) in [5.74, 6) is -0.177. The summed E-state index contributed by atoms with van der Waals surface area (Å²) in [6.07, 6.45) is 3.42. The zero-order valence-corrected chi connectivity index (χ0v) is 16.8. The normalized spacial score (nSPS) is 26.0. The Morgan fingerprint density at radius 3 is 2.31 bits per heavy atom. The molecule has 2 N–H and O–H groups in total. The fourth-order valence-corrected chi connectivity index (χ4v) is 4.51. The van der Waals surface area contributed by atoms with Gasteiger partial charge in [-0.3, -0.25) is 19.9 Å². The lowest BCUT2D eigenvalue weighted by Crippen LogP contribution is -2.53. The zero-order valence-electron chi connectivity index (χ0n) is 16.8. The molecule has 0 radical (unpaired) electrons. The molecule has 1 aromatic carbocycles. The van der Waals surface area contributed by atoms with E-state index in [1.807, 2.05) is 9.80 Å². The van der Waals surface area contributed by atoms with E-state index in [0.717, 1.165) is 44.6 Å². The molecule has 0 saturated carbocycles. The van der Waals surface area contributed by atoms with Crippen molar-refractivity contribution in [1.29, 1.82) is 0 Å². The van der Waals surface area contributed by atoms with Crippen LogP contribution in [0, 0.1) is 11.7 Å². The van der Waals surface area contributed by atoms with Crippen LogP contribution in [0.5, 0.6) is 0 Å². The molecule has 4 rings (SSSR count). The van der Waals surface area contributed by atoms with Gasteiger partial charge in [0.1, 0.15) is 5.82 Å². The summed E-state index contributed by atoms with van der Waals surface area (Å²) >= 11 is 0. The van der Waals surface area contributed by atoms with Crippen molar-refractivity contribution >= 4 is 11.8 Å². The van der Waals surface area contributed by atoms with Crippen molar-refractivity contribution in [2.75, 3.05) is 52.4 Å². The molecule has 0 aromatic heterocycles. The van der Waals surface area contributed by atoms with Gasteiger partial charge in [0, 0.05) is 45.8 Å². The van der Waals surface area contributed by atoms with E-state index < -0.39 is 0 Å². The van der Waals surface area contributed by atoms with E-state index in [1.54, 1.807) is 12.1 Å². The Balaban J connectivity index is 1.29. The topological polar surface area (TPSA) is 67.9 Å². The zero-order chi connectivity index (χ0) is 20.2. The highest BCUT2D eigenvalue weighted by Crippen LogP contribution is 2.27. The first-order chi connectivity index (χ1) is 14.1. The molecule has 158 valence electrons. The van der Waals surface area contributed by atoms with Gasteiger partial charge in [0.25, 0.3) is 0 Å². The number of hydrogen-bond donors (Lipinski definition) is 2. The minimum atomic E-state index is -0.280. The van der Waals surface area contributed by atoms with Crippen LogP contribution in [0.15, 0.2) is 24.3 Å². The minimum Gasteiger partial charge on any atom is -0.342 e. The first kappa shape index (κ1) is 20.3. The molecule has 3 saturated heterocycles. The third-order valence-corrected chi connectivity index (χ3v) is 6.28. The van der Waals surface area contributed by atoms with Crippen molar-refractivity contribution in [3.63, 3.8) is 0 Å². The largest absolute Gasteiger partial charge is 0.342 e. The molecule has 3 heterocycles. The van der Waals surface area contributed by atoms with Crippen LogP contribution in [0.25, 0.3) is 0 Å². The number of piperazine rings is 1. The Morgan fingerprint density at radius 2 is 1.62 bits per heavy atom. The van der Waals surface area contributed by atoms with E-state index in [0.29, 0.717) is 26.2 Å². The Kier molecular flexibility index (Phi) is 6.42. The van der Waals surface area contributed by atoms with Crippen LogP contribution in [0.1, 0.15) is 30.9 Å². The number of likely N-dealkylation sites (tertiary alicyclic amines) is 1. The molecule has 3 aliphatic heterocycles. The van der Waals surface area contributed by atoms with E-state index in [-0.39, 0.29) is 29.6 Å². The number of hydrogen-bond acceptors (Lipinski definition) is 5. The third-order valence-electron chi connectivity index (χ3n) is 6.28. The predicted molar refractivity (Wildman–Crippen MR) is 107 cm³/mol. The Hall–Kier alpha value is -2.03. The molecule has 0 aliphatic carbocycles. The maximum Gasteiger partial charge on any atom is 0.236 e. The highest BCUT2D eigenvalue weighted by Gasteiger charge is 2.37. The highest BCUT2D eigenvalue weighted by atomic mass is 19.1. The smallest absolute Gasteiger partial charge is 0.236 e. The van der Waals surface area contributed by atoms with Gasteiger partial charge in [-0.05, 0) is 37.0 Å². The van der Waals surface area contributed by atoms with Crippen molar-refractivity contribution in [3.05, 3.63) is 35.6 Å². The van der Waals surface area contributed by atoms with Gasteiger partial charge in [-0.15, -0.1) is 0 Å². The SMILES string of the molecule is O=C(CN1CCN(C(=O)C2CNNC2c2ccc(F)cc2)CC1)N1CCCCC1. The van der Waals surface area contributed by atoms with Crippen LogP contribution in [0.2, 0.25) is 0 Å². The first-order valence-corrected chi connectivity index (χ1v) is 10.6. The summed E-state index contributed by atoms with van der Waals surface area (Å²) in [5, 5.41) is 0. The molecule has 2 atom stereocenters. The first-order valence-electron chi connectivity index (χ1n) is 10.6. The standard InChI is InChI=1S/C21H30FN5O2/c22-17-6-4-16(5-7-17)20-18(14-23-24-20)21(29)27-12-10-25(11-13-27)15-19(28)26-8-2-1-3-9-26/h4-7,18,20,23-24H,1-3,8-15H2. The molecule has 7 nitrogen and oxygen atoms in total. The van der Waals surface area contributed by atoms with E-state index in [9.17, 15) is 14.0 Å². The van der Waals surface area contributed by atoms with Crippen molar-refractivity contribution < 1.29 is 14.0 Å². The summed E-state index contributed by atoms with van der Waals surface area (Å²) < 4.78 is 13.2. The van der Waals surface area contributed by atoms with E-state index in [4.69, 9.17) is 0 Å². The molecule has 29 heavy (non-hydrogen) atoms. The second-order valence-corrected chi connectivity index (χ2v) is 8.20. The number of nitrogens with one attached hydrogen (secondary N) is 2. The number of nitrogens with zero attached hydrogens (tertiary/aromatic N) is 3. The minimum absolute atomic E-state index is 0.110. The number of amides is 2. The number of halogens is 1. The molecule has 0 spiro atoms. The molecule has 3 fully saturated rings. The van der Waals surface area contributed by atoms with Gasteiger partial charge in [0.2, 0.25) is 11.8 Å². The lowest BCUT2D eigenvalue weighted by molar-refractivity contribution is -0.138. The van der Waals surface area contributed by atoms with Gasteiger partial charge in [-0.25, -0.2) is 9.82 Å². The fourth-order valence-electron chi connectivity index (χ4n) is 4.51. The number of carbonyl (C=O) groups excluding carboxylic acids is 2. The molecule has 1 aromatic rings. The summed E-state index contributed by atoms with van der Waals surface area (Å²) in [6.45, 7) is 5.48. The second kappa shape index (κ2) is 9.19. The summed E-state index contributed by atoms with van der Waals surface area (Å²) in [5.41, 5.74) is 7.13. The number of rotatable bonds is 4. The molecule has 0 bridgehead atoms. The van der Waals surface area contributed by atoms with Gasteiger partial charge < -0.3 is 9.80 Å². The molecule has 8 heteroatoms. The Bertz CT molecular complexity index is 714. The van der Waals surface area contributed by atoms with E-state index in [1.165, 1.54) is 18.6 Å². The lowest BCUT2D eigenvalue weighted by atomic mass is 9.93. The molecular formula is C21H30FN5O2. The number of piperidine rings is 1. The summed E-state index contributed by atoms with van der Waals surface area (Å²) in [4.78, 5) is 31.6. The van der Waals surface area contributed by atoms with Gasteiger partial charge >= 0.3 is 0 Å². The maximum atomic E-state index is 13.2. The summed E-state index contributed by atoms with van der Waals surface area (Å²) in [7, 11) is 0. The van der Waals surface area contributed by atoms with Gasteiger partial charge in [-0.2, -0.15) is 0 Å². The predicted octanol–water partition coefficient (Wildman–Crippen LogP) is 0.748. The molecule has 2 amide bonds. The second-order valence-electron chi connectivity index (χ2n) is 8.20. The van der Waals surface area contributed by atoms with Crippen molar-refractivity contribution in [3.8, 4) is 0 Å². The average molecular weight is 404 g/mol.